The quantitative estimate of drug-likeness (QED) is 0.350. The fourth-order valence-electron chi connectivity index (χ4n) is 3.52. The van der Waals surface area contributed by atoms with Crippen LogP contribution in [-0.4, -0.2) is 43.1 Å². The maximum absolute atomic E-state index is 13.0. The smallest absolute Gasteiger partial charge is 0.267 e. The Kier molecular flexibility index (Phi) is 7.36. The average molecular weight is 478 g/mol. The highest BCUT2D eigenvalue weighted by Crippen LogP contribution is 2.23. The number of fused-ring (bicyclic) bond motifs is 1. The molecule has 166 valence electrons. The molecule has 0 saturated heterocycles. The molecule has 1 amide bonds. The van der Waals surface area contributed by atoms with E-state index in [2.05, 4.69) is 24.6 Å². The van der Waals surface area contributed by atoms with Crippen LogP contribution in [0.25, 0.3) is 11.0 Å². The number of rotatable bonds is 8. The molecule has 1 N–H and O–H groups in total. The van der Waals surface area contributed by atoms with Crippen molar-refractivity contribution in [3.8, 4) is 0 Å². The van der Waals surface area contributed by atoms with Crippen molar-refractivity contribution >= 4 is 47.9 Å². The molecule has 0 bridgehead atoms. The zero-order valence-corrected chi connectivity index (χ0v) is 20.8. The lowest BCUT2D eigenvalue weighted by Crippen LogP contribution is -2.34. The zero-order valence-electron chi connectivity index (χ0n) is 18.3. The van der Waals surface area contributed by atoms with E-state index >= 15 is 0 Å². The number of carbonyl (C=O) groups is 1. The van der Waals surface area contributed by atoms with E-state index in [9.17, 15) is 13.6 Å². The Morgan fingerprint density at radius 1 is 1.23 bits per heavy atom. The van der Waals surface area contributed by atoms with Crippen molar-refractivity contribution in [1.82, 2.24) is 13.9 Å². The topological polar surface area (TPSA) is 75.4 Å². The SMILES string of the molecule is Cc1nc2ccc(C(=O)N(CCC[Si](C)(C)C)S(=O)O)cc2n1Cc1ccccc1Cl. The van der Waals surface area contributed by atoms with Crippen LogP contribution in [0, 0.1) is 6.92 Å². The van der Waals surface area contributed by atoms with Gasteiger partial charge in [-0.05, 0) is 43.2 Å². The van der Waals surface area contributed by atoms with Gasteiger partial charge in [-0.3, -0.25) is 9.35 Å². The number of nitrogens with zero attached hydrogens (tertiary/aromatic N) is 3. The Labute approximate surface area is 191 Å². The van der Waals surface area contributed by atoms with E-state index in [0.29, 0.717) is 23.6 Å². The highest BCUT2D eigenvalue weighted by atomic mass is 35.5. The highest BCUT2D eigenvalue weighted by Gasteiger charge is 2.23. The van der Waals surface area contributed by atoms with Crippen LogP contribution < -0.4 is 0 Å². The van der Waals surface area contributed by atoms with Gasteiger partial charge in [0, 0.05) is 25.2 Å². The third-order valence-corrected chi connectivity index (χ3v) is 8.12. The van der Waals surface area contributed by atoms with Gasteiger partial charge in [-0.15, -0.1) is 0 Å². The average Bonchev–Trinajstić information content (AvgIpc) is 3.00. The molecule has 0 aliphatic carbocycles. The van der Waals surface area contributed by atoms with Crippen molar-refractivity contribution in [1.29, 1.82) is 0 Å². The van der Waals surface area contributed by atoms with Crippen molar-refractivity contribution in [3.05, 3.63) is 64.4 Å². The first-order chi connectivity index (χ1) is 14.6. The summed E-state index contributed by atoms with van der Waals surface area (Å²) in [5.41, 5.74) is 2.86. The number of carbonyl (C=O) groups excluding carboxylic acids is 1. The molecule has 3 aromatic rings. The minimum Gasteiger partial charge on any atom is -0.324 e. The van der Waals surface area contributed by atoms with Crippen LogP contribution in [0.2, 0.25) is 30.7 Å². The van der Waals surface area contributed by atoms with Gasteiger partial charge in [-0.25, -0.2) is 13.5 Å². The van der Waals surface area contributed by atoms with Gasteiger partial charge in [0.25, 0.3) is 17.2 Å². The van der Waals surface area contributed by atoms with Gasteiger partial charge in [0.15, 0.2) is 0 Å². The van der Waals surface area contributed by atoms with Crippen molar-refractivity contribution in [2.75, 3.05) is 6.54 Å². The first-order valence-corrected chi connectivity index (χ1v) is 15.3. The Bertz CT molecular complexity index is 1130. The number of aromatic nitrogens is 2. The van der Waals surface area contributed by atoms with Crippen LogP contribution in [0.3, 0.4) is 0 Å². The van der Waals surface area contributed by atoms with E-state index in [4.69, 9.17) is 11.6 Å². The van der Waals surface area contributed by atoms with Crippen molar-refractivity contribution in [2.45, 2.75) is 45.6 Å². The number of amides is 1. The third-order valence-electron chi connectivity index (χ3n) is 5.18. The van der Waals surface area contributed by atoms with Gasteiger partial charge < -0.3 is 4.57 Å². The van der Waals surface area contributed by atoms with E-state index in [1.54, 1.807) is 18.2 Å². The second kappa shape index (κ2) is 9.64. The molecule has 1 aromatic heterocycles. The standard InChI is InChI=1S/C22H28ClN3O3SSi/c1-16-24-20-11-10-17(22(27)26(30(28)29)12-7-13-31(2,3)4)14-21(20)25(16)15-18-8-5-6-9-19(18)23/h5-6,8-11,14H,7,12-13,15H2,1-4H3,(H,28,29). The van der Waals surface area contributed by atoms with Crippen LogP contribution in [0.1, 0.15) is 28.2 Å². The molecule has 0 aliphatic heterocycles. The molecule has 0 aliphatic rings. The summed E-state index contributed by atoms with van der Waals surface area (Å²) in [4.78, 5) is 17.6. The van der Waals surface area contributed by atoms with E-state index in [0.717, 1.165) is 32.8 Å². The first-order valence-electron chi connectivity index (χ1n) is 10.2. The molecule has 0 spiro atoms. The normalized spacial score (nSPS) is 12.8. The number of hydrogen-bond donors (Lipinski definition) is 1. The Hall–Kier alpha value is -2.00. The molecule has 0 radical (unpaired) electrons. The molecule has 1 heterocycles. The number of benzene rings is 2. The molecule has 1 unspecified atom stereocenters. The summed E-state index contributed by atoms with van der Waals surface area (Å²) >= 11 is 3.96. The highest BCUT2D eigenvalue weighted by molar-refractivity contribution is 7.77. The predicted octanol–water partition coefficient (Wildman–Crippen LogP) is 5.35. The van der Waals surface area contributed by atoms with Gasteiger partial charge in [-0.2, -0.15) is 0 Å². The number of hydrogen-bond acceptors (Lipinski definition) is 3. The lowest BCUT2D eigenvalue weighted by atomic mass is 10.1. The molecule has 1 atom stereocenters. The molecule has 9 heteroatoms. The minimum absolute atomic E-state index is 0.252. The van der Waals surface area contributed by atoms with Crippen LogP contribution >= 0.6 is 11.6 Å². The number of imidazole rings is 1. The third kappa shape index (κ3) is 5.82. The lowest BCUT2D eigenvalue weighted by molar-refractivity contribution is 0.0860. The maximum atomic E-state index is 13.0. The largest absolute Gasteiger partial charge is 0.324 e. The first kappa shape index (κ1) is 23.7. The summed E-state index contributed by atoms with van der Waals surface area (Å²) in [5.74, 6) is 0.346. The monoisotopic (exact) mass is 477 g/mol. The van der Waals surface area contributed by atoms with E-state index in [-0.39, 0.29) is 6.54 Å². The van der Waals surface area contributed by atoms with E-state index in [1.807, 2.05) is 35.8 Å². The number of halogens is 1. The molecule has 6 nitrogen and oxygen atoms in total. The van der Waals surface area contributed by atoms with Crippen molar-refractivity contribution < 1.29 is 13.6 Å². The van der Waals surface area contributed by atoms with E-state index in [1.165, 1.54) is 0 Å². The van der Waals surface area contributed by atoms with Gasteiger partial charge in [-0.1, -0.05) is 55.5 Å². The molecule has 31 heavy (non-hydrogen) atoms. The molecule has 0 fully saturated rings. The van der Waals surface area contributed by atoms with Gasteiger partial charge >= 0.3 is 0 Å². The van der Waals surface area contributed by atoms with Gasteiger partial charge in [0.1, 0.15) is 5.82 Å². The van der Waals surface area contributed by atoms with Crippen LogP contribution in [0.4, 0.5) is 0 Å². The van der Waals surface area contributed by atoms with Crippen molar-refractivity contribution in [2.24, 2.45) is 0 Å². The summed E-state index contributed by atoms with van der Waals surface area (Å²) in [6, 6.07) is 13.8. The fraction of sp³-hybridized carbons (Fsp3) is 0.364. The molecule has 0 saturated carbocycles. The predicted molar refractivity (Wildman–Crippen MR) is 130 cm³/mol. The van der Waals surface area contributed by atoms with Crippen LogP contribution in [0.15, 0.2) is 42.5 Å². The summed E-state index contributed by atoms with van der Waals surface area (Å²) in [5, 5.41) is 0.667. The summed E-state index contributed by atoms with van der Waals surface area (Å²) in [6.07, 6.45) is 0.708. The van der Waals surface area contributed by atoms with Gasteiger partial charge in [0.2, 0.25) is 0 Å². The maximum Gasteiger partial charge on any atom is 0.267 e. The second-order valence-electron chi connectivity index (χ2n) is 8.84. The minimum atomic E-state index is -2.37. The molecule has 3 rings (SSSR count). The molecule has 2 aromatic carbocycles. The van der Waals surface area contributed by atoms with Crippen molar-refractivity contribution in [3.63, 3.8) is 0 Å². The van der Waals surface area contributed by atoms with Gasteiger partial charge in [0.05, 0.1) is 17.6 Å². The fourth-order valence-corrected chi connectivity index (χ4v) is 5.47. The second-order valence-corrected chi connectivity index (χ2v) is 15.8. The molecular formula is C22H28ClN3O3SSi. The van der Waals surface area contributed by atoms with E-state index < -0.39 is 25.2 Å². The van der Waals surface area contributed by atoms with Crippen LogP contribution in [0.5, 0.6) is 0 Å². The Morgan fingerprint density at radius 3 is 2.58 bits per heavy atom. The van der Waals surface area contributed by atoms with Crippen LogP contribution in [-0.2, 0) is 17.8 Å². The molecular weight excluding hydrogens is 450 g/mol. The summed E-state index contributed by atoms with van der Waals surface area (Å²) in [7, 11) is -1.30. The Morgan fingerprint density at radius 2 is 1.94 bits per heavy atom. The number of aryl methyl sites for hydroxylation is 1. The summed E-state index contributed by atoms with van der Waals surface area (Å²) < 4.78 is 24.6. The zero-order chi connectivity index (χ0) is 22.8. The Balaban J connectivity index is 1.90. The summed E-state index contributed by atoms with van der Waals surface area (Å²) in [6.45, 7) is 9.40. The lowest BCUT2D eigenvalue weighted by Gasteiger charge is -2.21.